The van der Waals surface area contributed by atoms with Gasteiger partial charge >= 0.3 is 12.1 Å². The van der Waals surface area contributed by atoms with Gasteiger partial charge in [-0.2, -0.15) is 13.2 Å². The highest BCUT2D eigenvalue weighted by Crippen LogP contribution is 2.46. The van der Waals surface area contributed by atoms with Crippen LogP contribution in [0.1, 0.15) is 60.0 Å². The Morgan fingerprint density at radius 3 is 2.59 bits per heavy atom. The van der Waals surface area contributed by atoms with Crippen LogP contribution in [0, 0.1) is 5.92 Å². The normalized spacial score (nSPS) is 16.1. The van der Waals surface area contributed by atoms with Crippen LogP contribution in [-0.2, 0) is 6.18 Å². The van der Waals surface area contributed by atoms with E-state index in [4.69, 9.17) is 9.26 Å². The van der Waals surface area contributed by atoms with Crippen molar-refractivity contribution in [2.75, 3.05) is 18.0 Å². The number of pyridine rings is 1. The molecule has 1 N–H and O–H groups in total. The van der Waals surface area contributed by atoms with Gasteiger partial charge in [-0.15, -0.1) is 0 Å². The maximum Gasteiger partial charge on any atom is 0.417 e. The van der Waals surface area contributed by atoms with Crippen LogP contribution in [0.3, 0.4) is 0 Å². The molecule has 4 aromatic rings. The van der Waals surface area contributed by atoms with Crippen LogP contribution in [0.2, 0.25) is 0 Å². The average Bonchev–Trinajstić information content (AvgIpc) is 3.66. The Hall–Kier alpha value is -4.34. The highest BCUT2D eigenvalue weighted by molar-refractivity contribution is 5.94. The van der Waals surface area contributed by atoms with E-state index < -0.39 is 17.7 Å². The van der Waals surface area contributed by atoms with E-state index >= 15 is 0 Å². The fraction of sp³-hybridized carbons (Fsp3) is 0.323. The van der Waals surface area contributed by atoms with E-state index in [0.717, 1.165) is 30.0 Å². The molecule has 1 saturated heterocycles. The van der Waals surface area contributed by atoms with Gasteiger partial charge in [0, 0.05) is 53.2 Å². The Balaban J connectivity index is 1.24. The molecule has 2 aromatic carbocycles. The highest BCUT2D eigenvalue weighted by atomic mass is 19.4. The number of fused-ring (bicyclic) bond motifs is 1. The van der Waals surface area contributed by atoms with Gasteiger partial charge in [-0.1, -0.05) is 35.5 Å². The molecular weight excluding hydrogens is 535 g/mol. The van der Waals surface area contributed by atoms with Gasteiger partial charge in [-0.25, -0.2) is 9.78 Å². The zero-order valence-corrected chi connectivity index (χ0v) is 22.5. The quantitative estimate of drug-likeness (QED) is 0.239. The minimum Gasteiger partial charge on any atom is -0.490 e. The van der Waals surface area contributed by atoms with Gasteiger partial charge in [-0.05, 0) is 51.0 Å². The third-order valence-corrected chi connectivity index (χ3v) is 7.34. The minimum atomic E-state index is -4.50. The summed E-state index contributed by atoms with van der Waals surface area (Å²) in [6.07, 6.45) is 1.09. The van der Waals surface area contributed by atoms with Gasteiger partial charge in [0.2, 0.25) is 0 Å². The van der Waals surface area contributed by atoms with Crippen molar-refractivity contribution in [1.82, 2.24) is 10.1 Å². The molecule has 2 aliphatic rings. The van der Waals surface area contributed by atoms with Gasteiger partial charge in [-0.3, -0.25) is 0 Å². The summed E-state index contributed by atoms with van der Waals surface area (Å²) in [5.41, 5.74) is 1.52. The first-order chi connectivity index (χ1) is 19.6. The molecule has 41 heavy (non-hydrogen) atoms. The van der Waals surface area contributed by atoms with Gasteiger partial charge in [0.05, 0.1) is 17.2 Å². The van der Waals surface area contributed by atoms with Crippen LogP contribution in [0.15, 0.2) is 59.1 Å². The topological polar surface area (TPSA) is 88.7 Å². The van der Waals surface area contributed by atoms with Gasteiger partial charge in [0.1, 0.15) is 17.2 Å². The Morgan fingerprint density at radius 1 is 1.15 bits per heavy atom. The number of aromatic carboxylic acids is 1. The number of benzene rings is 2. The summed E-state index contributed by atoms with van der Waals surface area (Å²) >= 11 is 0. The molecular formula is C31H28F3N3O4. The third-order valence-electron chi connectivity index (χ3n) is 7.34. The van der Waals surface area contributed by atoms with E-state index in [0.29, 0.717) is 35.7 Å². The largest absolute Gasteiger partial charge is 0.490 e. The number of carboxylic acid groups (broad SMARTS) is 1. The SMILES string of the molecule is CC(C)Oc1cc(C(=O)O)nc2ccc(N3CC(/C=C/c4c(-c5ccccc5C(F)(F)F)noc4C4CC4)C3)cc12. The maximum atomic E-state index is 13.7. The van der Waals surface area contributed by atoms with E-state index in [1.54, 1.807) is 12.1 Å². The first-order valence-corrected chi connectivity index (χ1v) is 13.5. The number of nitrogens with zero attached hydrogens (tertiary/aromatic N) is 3. The van der Waals surface area contributed by atoms with Crippen molar-refractivity contribution in [2.24, 2.45) is 5.92 Å². The number of hydrogen-bond acceptors (Lipinski definition) is 6. The highest BCUT2D eigenvalue weighted by Gasteiger charge is 2.37. The van der Waals surface area contributed by atoms with Crippen molar-refractivity contribution in [3.63, 3.8) is 0 Å². The summed E-state index contributed by atoms with van der Waals surface area (Å²) < 4.78 is 52.7. The number of rotatable bonds is 8. The molecule has 2 aromatic heterocycles. The fourth-order valence-electron chi connectivity index (χ4n) is 5.16. The molecule has 0 radical (unpaired) electrons. The predicted molar refractivity (Wildman–Crippen MR) is 148 cm³/mol. The molecule has 0 spiro atoms. The summed E-state index contributed by atoms with van der Waals surface area (Å²) in [6.45, 7) is 5.17. The van der Waals surface area contributed by atoms with Crippen molar-refractivity contribution in [3.8, 4) is 17.0 Å². The standard InChI is InChI=1S/C31H28F3N3O4/c1-17(2)40-27-14-26(30(38)39)35-25-12-10-20(13-23(25)27)37-15-18(16-37)7-11-22-28(36-41-29(22)19-8-9-19)21-5-3-4-6-24(21)31(32,33)34/h3-7,10-14,17-19H,8-9,15-16H2,1-2H3,(H,38,39)/b11-7+. The third kappa shape index (κ3) is 5.38. The number of ether oxygens (including phenoxy) is 1. The monoisotopic (exact) mass is 563 g/mol. The smallest absolute Gasteiger partial charge is 0.417 e. The first kappa shape index (κ1) is 26.9. The summed E-state index contributed by atoms with van der Waals surface area (Å²) in [5, 5.41) is 14.2. The summed E-state index contributed by atoms with van der Waals surface area (Å²) in [6, 6.07) is 12.5. The minimum absolute atomic E-state index is 0.0146. The molecule has 1 aliphatic heterocycles. The second kappa shape index (κ2) is 10.2. The van der Waals surface area contributed by atoms with E-state index in [2.05, 4.69) is 15.0 Å². The lowest BCUT2D eigenvalue weighted by atomic mass is 9.95. The Kier molecular flexibility index (Phi) is 6.71. The molecule has 1 aliphatic carbocycles. The molecule has 1 saturated carbocycles. The number of alkyl halides is 3. The summed E-state index contributed by atoms with van der Waals surface area (Å²) in [5.74, 6) is 0.349. The van der Waals surface area contributed by atoms with Crippen molar-refractivity contribution in [3.05, 3.63) is 77.2 Å². The number of hydrogen-bond donors (Lipinski definition) is 1. The molecule has 3 heterocycles. The summed E-state index contributed by atoms with van der Waals surface area (Å²) in [4.78, 5) is 17.9. The maximum absolute atomic E-state index is 13.7. The van der Waals surface area contributed by atoms with E-state index in [1.165, 1.54) is 18.2 Å². The zero-order valence-electron chi connectivity index (χ0n) is 22.5. The van der Waals surface area contributed by atoms with Crippen LogP contribution < -0.4 is 9.64 Å². The predicted octanol–water partition coefficient (Wildman–Crippen LogP) is 7.42. The van der Waals surface area contributed by atoms with Crippen molar-refractivity contribution < 1.29 is 32.3 Å². The molecule has 0 bridgehead atoms. The second-order valence-corrected chi connectivity index (χ2v) is 10.8. The van der Waals surface area contributed by atoms with Crippen LogP contribution >= 0.6 is 0 Å². The molecule has 212 valence electrons. The molecule has 7 nitrogen and oxygen atoms in total. The van der Waals surface area contributed by atoms with E-state index in [9.17, 15) is 23.1 Å². The molecule has 0 unspecified atom stereocenters. The lowest BCUT2D eigenvalue weighted by Gasteiger charge is -2.39. The molecule has 0 atom stereocenters. The van der Waals surface area contributed by atoms with E-state index in [1.807, 2.05) is 38.1 Å². The van der Waals surface area contributed by atoms with Crippen molar-refractivity contribution in [1.29, 1.82) is 0 Å². The van der Waals surface area contributed by atoms with Gasteiger partial charge < -0.3 is 19.3 Å². The molecule has 10 heteroatoms. The number of aromatic nitrogens is 2. The number of halogens is 3. The number of carboxylic acids is 1. The summed E-state index contributed by atoms with van der Waals surface area (Å²) in [7, 11) is 0. The number of carbonyl (C=O) groups is 1. The van der Waals surface area contributed by atoms with Crippen LogP contribution in [-0.4, -0.2) is 40.4 Å². The Bertz CT molecular complexity index is 1650. The van der Waals surface area contributed by atoms with Crippen molar-refractivity contribution in [2.45, 2.75) is 44.9 Å². The average molecular weight is 564 g/mol. The van der Waals surface area contributed by atoms with Gasteiger partial charge in [0.15, 0.2) is 5.69 Å². The van der Waals surface area contributed by atoms with Gasteiger partial charge in [0.25, 0.3) is 0 Å². The lowest BCUT2D eigenvalue weighted by molar-refractivity contribution is -0.137. The second-order valence-electron chi connectivity index (χ2n) is 10.8. The molecule has 6 rings (SSSR count). The lowest BCUT2D eigenvalue weighted by Crippen LogP contribution is -2.45. The fourth-order valence-corrected chi connectivity index (χ4v) is 5.16. The molecule has 0 amide bonds. The first-order valence-electron chi connectivity index (χ1n) is 13.5. The van der Waals surface area contributed by atoms with Crippen LogP contribution in [0.5, 0.6) is 5.75 Å². The Labute approximate surface area is 234 Å². The molecule has 2 fully saturated rings. The van der Waals surface area contributed by atoms with Crippen molar-refractivity contribution >= 4 is 28.6 Å². The van der Waals surface area contributed by atoms with Crippen LogP contribution in [0.25, 0.3) is 28.2 Å². The Morgan fingerprint density at radius 2 is 1.90 bits per heavy atom. The zero-order chi connectivity index (χ0) is 28.9. The van der Waals surface area contributed by atoms with Crippen LogP contribution in [0.4, 0.5) is 18.9 Å². The van der Waals surface area contributed by atoms with E-state index in [-0.39, 0.29) is 34.9 Å². The number of anilines is 1.